The molecule has 0 saturated carbocycles. The van der Waals surface area contributed by atoms with Crippen LogP contribution in [0.1, 0.15) is 31.4 Å². The van der Waals surface area contributed by atoms with Crippen molar-refractivity contribution in [2.24, 2.45) is 0 Å². The Bertz CT molecular complexity index is 1060. The van der Waals surface area contributed by atoms with Crippen LogP contribution in [-0.4, -0.2) is 75.1 Å². The number of likely N-dealkylation sites (tertiary alicyclic amines) is 1. The molecule has 1 heterocycles. The van der Waals surface area contributed by atoms with Crippen LogP contribution in [0.4, 0.5) is 0 Å². The number of hydrogen-bond acceptors (Lipinski definition) is 6. The van der Waals surface area contributed by atoms with Gasteiger partial charge in [-0.05, 0) is 36.1 Å². The van der Waals surface area contributed by atoms with Crippen LogP contribution in [-0.2, 0) is 24.3 Å². The quantitative estimate of drug-likeness (QED) is 0.604. The number of esters is 1. The van der Waals surface area contributed by atoms with Gasteiger partial charge >= 0.3 is 5.97 Å². The largest absolute Gasteiger partial charge is 0.468 e. The van der Waals surface area contributed by atoms with Crippen molar-refractivity contribution in [3.63, 3.8) is 0 Å². The van der Waals surface area contributed by atoms with Crippen LogP contribution in [0.5, 0.6) is 0 Å². The van der Waals surface area contributed by atoms with Gasteiger partial charge in [-0.1, -0.05) is 42.5 Å². The molecule has 1 amide bonds. The number of carbonyl (C=O) groups excluding carboxylic acids is 2. The van der Waals surface area contributed by atoms with Crippen molar-refractivity contribution in [2.75, 3.05) is 39.5 Å². The molecular formula is C23H31N3O5S. The number of benzene rings is 2. The lowest BCUT2D eigenvalue weighted by atomic mass is 9.96. The Morgan fingerprint density at radius 2 is 1.81 bits per heavy atom. The van der Waals surface area contributed by atoms with Gasteiger partial charge in [0.1, 0.15) is 6.54 Å². The number of carbonyl (C=O) groups is 2. The van der Waals surface area contributed by atoms with Gasteiger partial charge in [-0.25, -0.2) is 8.42 Å². The first-order valence-corrected chi connectivity index (χ1v) is 12.6. The maximum absolute atomic E-state index is 12.4. The summed E-state index contributed by atoms with van der Waals surface area (Å²) in [6.07, 6.45) is 2.38. The Balaban J connectivity index is 1.65. The molecule has 0 aliphatic carbocycles. The molecule has 0 radical (unpaired) electrons. The average molecular weight is 462 g/mol. The smallest absolute Gasteiger partial charge is 0.325 e. The van der Waals surface area contributed by atoms with E-state index in [0.717, 1.165) is 19.3 Å². The molecule has 1 aliphatic heterocycles. The molecule has 1 N–H and O–H groups in total. The molecule has 0 unspecified atom stereocenters. The molecule has 1 fully saturated rings. The van der Waals surface area contributed by atoms with Gasteiger partial charge in [0.2, 0.25) is 15.9 Å². The summed E-state index contributed by atoms with van der Waals surface area (Å²) >= 11 is 0. The highest BCUT2D eigenvalue weighted by Gasteiger charge is 2.33. The lowest BCUT2D eigenvalue weighted by molar-refractivity contribution is -0.141. The zero-order chi connectivity index (χ0) is 23.3. The minimum Gasteiger partial charge on any atom is -0.468 e. The van der Waals surface area contributed by atoms with Crippen molar-refractivity contribution in [2.45, 2.75) is 31.8 Å². The molecule has 9 heteroatoms. The first-order valence-electron chi connectivity index (χ1n) is 10.7. The fraction of sp³-hybridized carbons (Fsp3) is 0.478. The second-order valence-corrected chi connectivity index (χ2v) is 10.1. The lowest BCUT2D eigenvalue weighted by Gasteiger charge is -2.39. The van der Waals surface area contributed by atoms with E-state index in [0.29, 0.717) is 12.8 Å². The highest BCUT2D eigenvalue weighted by molar-refractivity contribution is 7.88. The first kappa shape index (κ1) is 24.2. The van der Waals surface area contributed by atoms with Crippen molar-refractivity contribution in [1.82, 2.24) is 14.5 Å². The van der Waals surface area contributed by atoms with Crippen LogP contribution >= 0.6 is 0 Å². The molecule has 0 bridgehead atoms. The van der Waals surface area contributed by atoms with Crippen molar-refractivity contribution >= 4 is 32.7 Å². The van der Waals surface area contributed by atoms with E-state index in [9.17, 15) is 18.0 Å². The summed E-state index contributed by atoms with van der Waals surface area (Å²) in [5.41, 5.74) is 1.25. The molecule has 3 rings (SSSR count). The summed E-state index contributed by atoms with van der Waals surface area (Å²) in [5.74, 6) is -1.10. The predicted molar refractivity (Wildman–Crippen MR) is 124 cm³/mol. The summed E-state index contributed by atoms with van der Waals surface area (Å²) in [6, 6.07) is 14.6. The zero-order valence-electron chi connectivity index (χ0n) is 18.8. The molecule has 1 saturated heterocycles. The van der Waals surface area contributed by atoms with E-state index in [1.165, 1.54) is 27.8 Å². The summed E-state index contributed by atoms with van der Waals surface area (Å²) in [6.45, 7) is 3.04. The Morgan fingerprint density at radius 3 is 2.47 bits per heavy atom. The highest BCUT2D eigenvalue weighted by Crippen LogP contribution is 2.31. The Hall–Kier alpha value is -2.49. The molecule has 2 aromatic carbocycles. The lowest BCUT2D eigenvalue weighted by Crippen LogP contribution is -2.51. The zero-order valence-corrected chi connectivity index (χ0v) is 19.6. The van der Waals surface area contributed by atoms with E-state index in [-0.39, 0.29) is 25.2 Å². The normalized spacial score (nSPS) is 16.8. The maximum Gasteiger partial charge on any atom is 0.325 e. The predicted octanol–water partition coefficient (Wildman–Crippen LogP) is 1.92. The third-order valence-corrected chi connectivity index (χ3v) is 7.39. The monoisotopic (exact) mass is 461 g/mol. The maximum atomic E-state index is 12.4. The number of ether oxygens (including phenoxy) is 1. The number of hydrogen-bond donors (Lipinski definition) is 1. The number of fused-ring (bicyclic) bond motifs is 1. The number of nitrogens with one attached hydrogen (secondary N) is 1. The Kier molecular flexibility index (Phi) is 7.86. The van der Waals surface area contributed by atoms with E-state index in [4.69, 9.17) is 0 Å². The average Bonchev–Trinajstić information content (AvgIpc) is 2.79. The standard InChI is InChI=1S/C23H31N3O5S/c1-17(20-10-6-8-18-7-4-5-9-21(18)20)25-13-11-19(12-14-25)26(32(3,29)30)16-22(27)24-15-23(28)31-2/h4-10,17,19H,11-16H2,1-3H3,(H,24,27)/t17-/m1/s1. The number of rotatable bonds is 8. The second-order valence-electron chi connectivity index (χ2n) is 8.17. The van der Waals surface area contributed by atoms with Gasteiger partial charge in [0.25, 0.3) is 0 Å². The SMILES string of the molecule is COC(=O)CNC(=O)CN(C1CCN([C@H](C)c2cccc3ccccc23)CC1)S(C)(=O)=O. The summed E-state index contributed by atoms with van der Waals surface area (Å²) in [5, 5.41) is 4.84. The number of amides is 1. The van der Waals surface area contributed by atoms with Gasteiger partial charge in [0.05, 0.1) is 19.9 Å². The molecule has 0 aromatic heterocycles. The molecule has 0 spiro atoms. The number of piperidine rings is 1. The fourth-order valence-corrected chi connectivity index (χ4v) is 5.43. The third kappa shape index (κ3) is 5.85. The molecule has 8 nitrogen and oxygen atoms in total. The molecule has 1 aliphatic rings. The van der Waals surface area contributed by atoms with E-state index in [1.807, 2.05) is 12.1 Å². The van der Waals surface area contributed by atoms with E-state index < -0.39 is 21.9 Å². The minimum absolute atomic E-state index is 0.192. The second kappa shape index (κ2) is 10.4. The van der Waals surface area contributed by atoms with Gasteiger partial charge in [-0.3, -0.25) is 14.5 Å². The molecule has 1 atom stereocenters. The van der Waals surface area contributed by atoms with Gasteiger partial charge in [-0.15, -0.1) is 0 Å². The highest BCUT2D eigenvalue weighted by atomic mass is 32.2. The molecular weight excluding hydrogens is 430 g/mol. The van der Waals surface area contributed by atoms with E-state index in [1.54, 1.807) is 0 Å². The van der Waals surface area contributed by atoms with Crippen molar-refractivity contribution < 1.29 is 22.7 Å². The Labute approximate surface area is 189 Å². The van der Waals surface area contributed by atoms with Crippen LogP contribution in [0.25, 0.3) is 10.8 Å². The van der Waals surface area contributed by atoms with Crippen molar-refractivity contribution in [1.29, 1.82) is 0 Å². The van der Waals surface area contributed by atoms with Crippen molar-refractivity contribution in [3.8, 4) is 0 Å². The van der Waals surface area contributed by atoms with Gasteiger partial charge in [-0.2, -0.15) is 4.31 Å². The Morgan fingerprint density at radius 1 is 1.16 bits per heavy atom. The number of sulfonamides is 1. The van der Waals surface area contributed by atoms with Crippen LogP contribution in [0.2, 0.25) is 0 Å². The van der Waals surface area contributed by atoms with Gasteiger partial charge in [0, 0.05) is 25.2 Å². The van der Waals surface area contributed by atoms with Crippen LogP contribution in [0.15, 0.2) is 42.5 Å². The summed E-state index contributed by atoms with van der Waals surface area (Å²) in [7, 11) is -2.36. The van der Waals surface area contributed by atoms with Gasteiger partial charge in [0.15, 0.2) is 0 Å². The topological polar surface area (TPSA) is 96.0 Å². The van der Waals surface area contributed by atoms with E-state index in [2.05, 4.69) is 52.2 Å². The minimum atomic E-state index is -3.58. The summed E-state index contributed by atoms with van der Waals surface area (Å²) in [4.78, 5) is 25.8. The van der Waals surface area contributed by atoms with Gasteiger partial charge < -0.3 is 10.1 Å². The molecule has 174 valence electrons. The first-order chi connectivity index (χ1) is 15.2. The molecule has 2 aromatic rings. The molecule has 32 heavy (non-hydrogen) atoms. The number of nitrogens with zero attached hydrogens (tertiary/aromatic N) is 2. The van der Waals surface area contributed by atoms with E-state index >= 15 is 0 Å². The third-order valence-electron chi connectivity index (χ3n) is 6.11. The van der Waals surface area contributed by atoms with Crippen LogP contribution in [0, 0.1) is 0 Å². The fourth-order valence-electron chi connectivity index (χ4n) is 4.33. The van der Waals surface area contributed by atoms with Crippen molar-refractivity contribution in [3.05, 3.63) is 48.0 Å². The van der Waals surface area contributed by atoms with Crippen LogP contribution < -0.4 is 5.32 Å². The van der Waals surface area contributed by atoms with Crippen LogP contribution in [0.3, 0.4) is 0 Å². The number of methoxy groups -OCH3 is 1. The summed E-state index contributed by atoms with van der Waals surface area (Å²) < 4.78 is 30.5.